The number of anilines is 1. The highest BCUT2D eigenvalue weighted by Gasteiger charge is 2.40. The number of aromatic nitrogens is 2. The lowest BCUT2D eigenvalue weighted by atomic mass is 9.81. The molecule has 3 atom stereocenters. The third-order valence-corrected chi connectivity index (χ3v) is 8.78. The zero-order chi connectivity index (χ0) is 27.5. The van der Waals surface area contributed by atoms with Crippen LogP contribution < -0.4 is 15.4 Å². The molecule has 11 nitrogen and oxygen atoms in total. The summed E-state index contributed by atoms with van der Waals surface area (Å²) in [5.41, 5.74) is 0.441. The van der Waals surface area contributed by atoms with E-state index in [9.17, 15) is 22.8 Å². The quantitative estimate of drug-likeness (QED) is 0.411. The van der Waals surface area contributed by atoms with Gasteiger partial charge in [-0.2, -0.15) is 8.42 Å². The van der Waals surface area contributed by atoms with Crippen LogP contribution in [0.25, 0.3) is 0 Å². The maximum absolute atomic E-state index is 13.3. The maximum atomic E-state index is 13.3. The number of hydrogen-bond acceptors (Lipinski definition) is 7. The third kappa shape index (κ3) is 6.24. The van der Waals surface area contributed by atoms with Gasteiger partial charge in [-0.25, -0.2) is 4.98 Å². The molecule has 212 valence electrons. The summed E-state index contributed by atoms with van der Waals surface area (Å²) in [4.78, 5) is 42.6. The molecule has 1 aliphatic heterocycles. The fourth-order valence-corrected chi connectivity index (χ4v) is 6.42. The van der Waals surface area contributed by atoms with E-state index in [0.717, 1.165) is 25.7 Å². The number of imidazole rings is 1. The minimum Gasteiger partial charge on any atom is -0.368 e. The number of ketones is 1. The molecule has 38 heavy (non-hydrogen) atoms. The minimum atomic E-state index is -3.90. The SMILES string of the molecule is CC[C@@H]1OCC(=O)[C@H]1NC(=O)[C@H](CC1(C)CCCC1)NC(=O)c1ccc(NS(=O)(=O)c2nccn2C)cc1.[HH].[HH].[HH]. The van der Waals surface area contributed by atoms with Gasteiger partial charge in [0.05, 0.1) is 6.10 Å². The van der Waals surface area contributed by atoms with Crippen LogP contribution >= 0.6 is 0 Å². The molecular formula is C26H41N5O6S. The Morgan fingerprint density at radius 1 is 1.24 bits per heavy atom. The van der Waals surface area contributed by atoms with Crippen LogP contribution in [0.5, 0.6) is 0 Å². The lowest BCUT2D eigenvalue weighted by Crippen LogP contribution is -2.54. The molecule has 1 aliphatic carbocycles. The molecule has 1 saturated heterocycles. The summed E-state index contributed by atoms with van der Waals surface area (Å²) in [6.45, 7) is 3.98. The van der Waals surface area contributed by atoms with Crippen LogP contribution in [0.3, 0.4) is 0 Å². The fraction of sp³-hybridized carbons (Fsp3) is 0.538. The number of nitrogens with zero attached hydrogens (tertiary/aromatic N) is 2. The Labute approximate surface area is 227 Å². The highest BCUT2D eigenvalue weighted by molar-refractivity contribution is 7.92. The Kier molecular flexibility index (Phi) is 8.22. The van der Waals surface area contributed by atoms with E-state index in [4.69, 9.17) is 4.74 Å². The molecule has 0 spiro atoms. The van der Waals surface area contributed by atoms with E-state index in [1.165, 1.54) is 41.2 Å². The number of Topliss-reactive ketones (excluding diaryl/α,β-unsaturated/α-hetero) is 1. The van der Waals surface area contributed by atoms with Gasteiger partial charge in [0.2, 0.25) is 11.1 Å². The molecule has 1 aromatic carbocycles. The van der Waals surface area contributed by atoms with Crippen LogP contribution in [0.15, 0.2) is 41.8 Å². The first-order valence-corrected chi connectivity index (χ1v) is 14.4. The van der Waals surface area contributed by atoms with Crippen molar-refractivity contribution < 1.29 is 31.8 Å². The zero-order valence-electron chi connectivity index (χ0n) is 21.9. The number of aryl methyl sites for hydroxylation is 1. The van der Waals surface area contributed by atoms with Crippen LogP contribution in [-0.2, 0) is 31.4 Å². The van der Waals surface area contributed by atoms with Crippen LogP contribution in [0.4, 0.5) is 5.69 Å². The average Bonchev–Trinajstić information content (AvgIpc) is 3.59. The topological polar surface area (TPSA) is 148 Å². The molecule has 2 aliphatic rings. The molecule has 2 aromatic rings. The van der Waals surface area contributed by atoms with Crippen molar-refractivity contribution in [3.8, 4) is 0 Å². The van der Waals surface area contributed by atoms with Gasteiger partial charge in [0, 0.05) is 35.0 Å². The summed E-state index contributed by atoms with van der Waals surface area (Å²) in [6, 6.07) is 4.36. The van der Waals surface area contributed by atoms with Gasteiger partial charge in [-0.1, -0.05) is 26.7 Å². The first-order chi connectivity index (χ1) is 18.0. The summed E-state index contributed by atoms with van der Waals surface area (Å²) in [5, 5.41) is 5.53. The first kappa shape index (κ1) is 27.8. The summed E-state index contributed by atoms with van der Waals surface area (Å²) in [5.74, 6) is -1.05. The molecule has 2 amide bonds. The van der Waals surface area contributed by atoms with Crippen molar-refractivity contribution in [3.63, 3.8) is 0 Å². The van der Waals surface area contributed by atoms with Crippen molar-refractivity contribution in [3.05, 3.63) is 42.2 Å². The Hall–Kier alpha value is -3.25. The van der Waals surface area contributed by atoms with E-state index in [1.807, 2.05) is 6.92 Å². The number of carbonyl (C=O) groups excluding carboxylic acids is 3. The highest BCUT2D eigenvalue weighted by Crippen LogP contribution is 2.41. The van der Waals surface area contributed by atoms with Gasteiger partial charge in [-0.05, 0) is 55.4 Å². The molecule has 4 rings (SSSR count). The van der Waals surface area contributed by atoms with Gasteiger partial charge >= 0.3 is 0 Å². The smallest absolute Gasteiger partial charge is 0.295 e. The van der Waals surface area contributed by atoms with Crippen molar-refractivity contribution in [2.45, 2.75) is 75.7 Å². The molecular weight excluding hydrogens is 510 g/mol. The van der Waals surface area contributed by atoms with Crippen molar-refractivity contribution in [1.29, 1.82) is 0 Å². The summed E-state index contributed by atoms with van der Waals surface area (Å²) < 4.78 is 34.5. The number of benzene rings is 1. The van der Waals surface area contributed by atoms with E-state index in [-0.39, 0.29) is 44.6 Å². The average molecular weight is 552 g/mol. The number of ether oxygens (including phenoxy) is 1. The predicted octanol–water partition coefficient (Wildman–Crippen LogP) is 2.89. The Balaban J connectivity index is 0.00000280. The standard InChI is InChI=1S/C26H35N5O6S.3H2/c1-4-21-22(20(32)16-37-21)29-24(34)19(15-26(2)11-5-6-12-26)28-23(33)17-7-9-18(10-8-17)30-38(35,36)25-27-13-14-31(25)3;;;/h7-10,13-14,19,21-22,30H,4-6,11-12,15-16H2,1-3H3,(H,28,33)(H,29,34);3*1H/t19-,21-,22+;;;/m0.../s1. The summed E-state index contributed by atoms with van der Waals surface area (Å²) in [6.07, 6.45) is 7.62. The molecule has 0 unspecified atom stereocenters. The number of sulfonamides is 1. The van der Waals surface area contributed by atoms with Crippen LogP contribution in [0.2, 0.25) is 0 Å². The number of hydrogen-bond donors (Lipinski definition) is 3. The first-order valence-electron chi connectivity index (χ1n) is 12.9. The van der Waals surface area contributed by atoms with Gasteiger partial charge < -0.3 is 19.9 Å². The highest BCUT2D eigenvalue weighted by atomic mass is 32.2. The predicted molar refractivity (Wildman–Crippen MR) is 146 cm³/mol. The van der Waals surface area contributed by atoms with Crippen molar-refractivity contribution in [2.75, 3.05) is 11.3 Å². The lowest BCUT2D eigenvalue weighted by molar-refractivity contribution is -0.128. The largest absolute Gasteiger partial charge is 0.368 e. The minimum absolute atomic E-state index is 0. The number of carbonyl (C=O) groups is 3. The lowest BCUT2D eigenvalue weighted by Gasteiger charge is -2.30. The molecule has 2 heterocycles. The normalized spacial score (nSPS) is 21.7. The Morgan fingerprint density at radius 2 is 1.92 bits per heavy atom. The van der Waals surface area contributed by atoms with Crippen molar-refractivity contribution in [1.82, 2.24) is 20.2 Å². The zero-order valence-corrected chi connectivity index (χ0v) is 22.7. The van der Waals surface area contributed by atoms with Crippen LogP contribution in [0.1, 0.15) is 67.0 Å². The monoisotopic (exact) mass is 551 g/mol. The number of amides is 2. The molecule has 3 N–H and O–H groups in total. The van der Waals surface area contributed by atoms with Gasteiger partial charge in [-0.3, -0.25) is 19.1 Å². The second-order valence-corrected chi connectivity index (χ2v) is 12.0. The van der Waals surface area contributed by atoms with Crippen LogP contribution in [-0.4, -0.2) is 60.4 Å². The molecule has 1 aromatic heterocycles. The second-order valence-electron chi connectivity index (χ2n) is 10.5. The molecule has 0 radical (unpaired) electrons. The van der Waals surface area contributed by atoms with Gasteiger partial charge in [0.1, 0.15) is 18.7 Å². The summed E-state index contributed by atoms with van der Waals surface area (Å²) in [7, 11) is -2.32. The summed E-state index contributed by atoms with van der Waals surface area (Å²) >= 11 is 0. The van der Waals surface area contributed by atoms with Gasteiger partial charge in [-0.15, -0.1) is 0 Å². The molecule has 2 fully saturated rings. The number of nitrogens with one attached hydrogen (secondary N) is 3. The second kappa shape index (κ2) is 11.2. The van der Waals surface area contributed by atoms with Crippen molar-refractivity contribution >= 4 is 33.3 Å². The molecule has 12 heteroatoms. The molecule has 1 saturated carbocycles. The fourth-order valence-electron chi connectivity index (χ4n) is 5.24. The van der Waals surface area contributed by atoms with Gasteiger partial charge in [0.15, 0.2) is 5.78 Å². The van der Waals surface area contributed by atoms with E-state index < -0.39 is 33.9 Å². The van der Waals surface area contributed by atoms with Crippen molar-refractivity contribution in [2.24, 2.45) is 12.5 Å². The Bertz CT molecular complexity index is 1300. The number of rotatable bonds is 10. The van der Waals surface area contributed by atoms with E-state index in [1.54, 1.807) is 7.05 Å². The third-order valence-electron chi connectivity index (χ3n) is 7.40. The van der Waals surface area contributed by atoms with Crippen LogP contribution in [0, 0.1) is 5.41 Å². The Morgan fingerprint density at radius 3 is 2.53 bits per heavy atom. The maximum Gasteiger partial charge on any atom is 0.295 e. The van der Waals surface area contributed by atoms with Gasteiger partial charge in [0.25, 0.3) is 15.9 Å². The van der Waals surface area contributed by atoms with E-state index >= 15 is 0 Å². The van der Waals surface area contributed by atoms with E-state index in [2.05, 4.69) is 27.3 Å². The molecule has 0 bridgehead atoms. The van der Waals surface area contributed by atoms with E-state index in [0.29, 0.717) is 12.8 Å².